The molecule has 0 spiro atoms. The van der Waals surface area contributed by atoms with Crippen molar-refractivity contribution >= 4 is 108 Å². The average molecular weight is 880 g/mol. The Morgan fingerprint density at radius 1 is 0.400 bits per heavy atom. The van der Waals surface area contributed by atoms with Crippen molar-refractivity contribution in [1.29, 1.82) is 0 Å². The summed E-state index contributed by atoms with van der Waals surface area (Å²) in [6.07, 6.45) is 0. The van der Waals surface area contributed by atoms with E-state index in [0.717, 1.165) is 45.2 Å². The van der Waals surface area contributed by atoms with Gasteiger partial charge in [0, 0.05) is 0 Å². The normalized spacial score (nSPS) is 16.4. The van der Waals surface area contributed by atoms with E-state index < -0.39 is 16.1 Å². The van der Waals surface area contributed by atoms with Crippen LogP contribution in [0.4, 0.5) is 0 Å². The van der Waals surface area contributed by atoms with Crippen LogP contribution in [0.5, 0.6) is 0 Å². The van der Waals surface area contributed by atoms with Crippen LogP contribution >= 0.6 is 0 Å². The Hall–Kier alpha value is 0.431. The van der Waals surface area contributed by atoms with Crippen molar-refractivity contribution in [3.05, 3.63) is 121 Å². The summed E-state index contributed by atoms with van der Waals surface area (Å²) in [4.78, 5) is 0. The molecule has 0 atom stereocenters. The van der Waals surface area contributed by atoms with Crippen molar-refractivity contribution in [3.63, 3.8) is 0 Å². The Labute approximate surface area is 242 Å². The third-order valence-electron chi connectivity index (χ3n) is 7.11. The molecule has 0 bridgehead atoms. The third kappa shape index (κ3) is 4.96. The number of rotatable bonds is 6. The Morgan fingerprint density at radius 2 is 0.657 bits per heavy atom. The molecule has 8 heteroatoms. The fourth-order valence-corrected chi connectivity index (χ4v) is 214. The molecule has 0 aromatic heterocycles. The molecular weight excluding hydrogens is 854 g/mol. The molecule has 0 N–H and O–H groups in total. The van der Waals surface area contributed by atoms with Crippen LogP contribution in [-0.4, -0.2) is 87.6 Å². The first kappa shape index (κ1) is 27.0. The Balaban J connectivity index is 1.90. The molecule has 4 aromatic carbocycles. The van der Waals surface area contributed by atoms with Gasteiger partial charge in [-0.15, -0.1) is 0 Å². The minimum atomic E-state index is -2.12. The van der Waals surface area contributed by atoms with E-state index in [0.29, 0.717) is 28.7 Å². The molecule has 0 nitrogen and oxygen atoms in total. The SMILES string of the molecule is C[Si](c1ccccc1)(c1ccccc1)C1([Si](C)(c2ccccc2)c2ccccc2)[Se][Se][Se][Se][Se][Se]1. The Bertz CT molecular complexity index is 1050. The van der Waals surface area contributed by atoms with Gasteiger partial charge in [-0.05, 0) is 0 Å². The Kier molecular flexibility index (Phi) is 9.33. The third-order valence-corrected chi connectivity index (χ3v) is 122. The molecule has 0 aliphatic carbocycles. The summed E-state index contributed by atoms with van der Waals surface area (Å²) in [5, 5.41) is 6.64. The number of hydrogen-bond donors (Lipinski definition) is 0. The van der Waals surface area contributed by atoms with Gasteiger partial charge in [0.15, 0.2) is 0 Å². The van der Waals surface area contributed by atoms with E-state index in [1.165, 1.54) is 0 Å². The van der Waals surface area contributed by atoms with Gasteiger partial charge >= 0.3 is 245 Å². The minimum absolute atomic E-state index is 0.478. The van der Waals surface area contributed by atoms with Crippen molar-refractivity contribution in [1.82, 2.24) is 0 Å². The second-order valence-electron chi connectivity index (χ2n) is 8.77. The second kappa shape index (κ2) is 12.1. The van der Waals surface area contributed by atoms with Gasteiger partial charge < -0.3 is 0 Å². The summed E-state index contributed by atoms with van der Waals surface area (Å²) in [6, 6.07) is 47.3. The molecule has 4 aromatic rings. The maximum atomic E-state index is 2.79. The van der Waals surface area contributed by atoms with Crippen LogP contribution in [0.3, 0.4) is 0 Å². The zero-order valence-corrected chi connectivity index (χ0v) is 31.8. The zero-order valence-electron chi connectivity index (χ0n) is 19.5. The molecule has 5 rings (SSSR count). The fourth-order valence-electron chi connectivity index (χ4n) is 5.17. The van der Waals surface area contributed by atoms with Crippen LogP contribution in [0.2, 0.25) is 15.6 Å². The topological polar surface area (TPSA) is 0 Å². The standard InChI is InChI=1S/C27H26Se6Si2/c1-34(23-15-7-3-8-16-23,24-17-9-4-10-18-24)27(28-30-32-33-31-29-27)35(2,25-19-11-5-12-20-25)26-21-13-6-14-22-26/h3-22H,1-2H3. The van der Waals surface area contributed by atoms with Gasteiger partial charge in [-0.1, -0.05) is 0 Å². The molecule has 1 fully saturated rings. The van der Waals surface area contributed by atoms with Gasteiger partial charge in [0.1, 0.15) is 0 Å². The molecule has 178 valence electrons. The molecule has 1 saturated heterocycles. The quantitative estimate of drug-likeness (QED) is 0.260. The average Bonchev–Trinajstić information content (AvgIpc) is 3.22. The first-order valence-corrected chi connectivity index (χ1v) is 39.8. The molecule has 0 amide bonds. The first-order chi connectivity index (χ1) is 17.1. The summed E-state index contributed by atoms with van der Waals surface area (Å²) >= 11 is 5.04. The van der Waals surface area contributed by atoms with Gasteiger partial charge in [0.05, 0.1) is 0 Å². The van der Waals surface area contributed by atoms with E-state index in [-0.39, 0.29) is 0 Å². The van der Waals surface area contributed by atoms with Crippen molar-refractivity contribution in [3.8, 4) is 0 Å². The second-order valence-corrected chi connectivity index (χ2v) is 66.9. The van der Waals surface area contributed by atoms with Crippen molar-refractivity contribution in [2.24, 2.45) is 0 Å². The molecule has 0 radical (unpaired) electrons. The van der Waals surface area contributed by atoms with E-state index in [4.69, 9.17) is 0 Å². The summed E-state index contributed by atoms with van der Waals surface area (Å²) < 4.78 is 0.478. The molecule has 1 aliphatic rings. The van der Waals surface area contributed by atoms with Crippen LogP contribution in [0.25, 0.3) is 0 Å². The van der Waals surface area contributed by atoms with Crippen molar-refractivity contribution < 1.29 is 0 Å². The molecule has 1 heterocycles. The van der Waals surface area contributed by atoms with Crippen LogP contribution < -0.4 is 20.7 Å². The van der Waals surface area contributed by atoms with E-state index >= 15 is 0 Å². The maximum absolute atomic E-state index is 2.79. The van der Waals surface area contributed by atoms with Gasteiger partial charge in [0.2, 0.25) is 0 Å². The van der Waals surface area contributed by atoms with Crippen molar-refractivity contribution in [2.75, 3.05) is 0 Å². The van der Waals surface area contributed by atoms with E-state index in [1.54, 1.807) is 20.7 Å². The summed E-state index contributed by atoms with van der Waals surface area (Å²) in [6.45, 7) is 5.57. The predicted octanol–water partition coefficient (Wildman–Crippen LogP) is 1.78. The number of benzene rings is 4. The molecule has 35 heavy (non-hydrogen) atoms. The molecule has 1 aliphatic heterocycles. The predicted molar refractivity (Wildman–Crippen MR) is 165 cm³/mol. The molecule has 0 unspecified atom stereocenters. The van der Waals surface area contributed by atoms with Crippen LogP contribution in [0, 0.1) is 0 Å². The monoisotopic (exact) mass is 886 g/mol. The van der Waals surface area contributed by atoms with E-state index in [2.05, 4.69) is 134 Å². The van der Waals surface area contributed by atoms with Crippen LogP contribution in [0.1, 0.15) is 0 Å². The summed E-state index contributed by atoms with van der Waals surface area (Å²) in [5.41, 5.74) is 0. The molecular formula is C27H26Se6Si2. The van der Waals surface area contributed by atoms with Gasteiger partial charge in [-0.3, -0.25) is 0 Å². The van der Waals surface area contributed by atoms with Crippen LogP contribution in [-0.2, 0) is 0 Å². The fraction of sp³-hybridized carbons (Fsp3) is 0.111. The zero-order chi connectivity index (χ0) is 24.2. The van der Waals surface area contributed by atoms with Gasteiger partial charge in [-0.25, -0.2) is 0 Å². The van der Waals surface area contributed by atoms with E-state index in [9.17, 15) is 0 Å². The van der Waals surface area contributed by atoms with Crippen molar-refractivity contribution in [2.45, 2.75) is 15.6 Å². The number of hydrogen-bond acceptors (Lipinski definition) is 0. The van der Waals surface area contributed by atoms with Gasteiger partial charge in [0.25, 0.3) is 0 Å². The summed E-state index contributed by atoms with van der Waals surface area (Å²) in [7, 11) is -4.23. The van der Waals surface area contributed by atoms with Gasteiger partial charge in [-0.2, -0.15) is 0 Å². The summed E-state index contributed by atoms with van der Waals surface area (Å²) in [5.74, 6) is 0. The molecule has 0 saturated carbocycles. The Morgan fingerprint density at radius 3 is 0.914 bits per heavy atom. The first-order valence-electron chi connectivity index (χ1n) is 11.4. The van der Waals surface area contributed by atoms with Crippen LogP contribution in [0.15, 0.2) is 121 Å². The van der Waals surface area contributed by atoms with E-state index in [1.807, 2.05) is 0 Å².